The van der Waals surface area contributed by atoms with Crippen LogP contribution in [0.4, 0.5) is 105 Å². The summed E-state index contributed by atoms with van der Waals surface area (Å²) in [6.07, 6.45) is -44.6. The Morgan fingerprint density at radius 2 is 0.362 bits per heavy atom. The van der Waals surface area contributed by atoms with E-state index in [9.17, 15) is 0 Å². The largest absolute Gasteiger partial charge is 0.416 e. The Morgan fingerprint density at radius 3 is 0.500 bits per heavy atom. The maximum atomic E-state index is 17.6. The number of amides is 4. The van der Waals surface area contributed by atoms with Crippen LogP contribution in [0, 0.1) is 0 Å². The van der Waals surface area contributed by atoms with Crippen LogP contribution in [0.15, 0.2) is 146 Å². The first kappa shape index (κ1) is 75.6. The molecule has 0 unspecified atom stereocenters. The van der Waals surface area contributed by atoms with Crippen molar-refractivity contribution in [2.75, 3.05) is 0 Å². The van der Waals surface area contributed by atoms with Gasteiger partial charge in [-0.3, -0.25) is 29.0 Å². The van der Waals surface area contributed by atoms with E-state index >= 15 is 125 Å². The Hall–Kier alpha value is -11.7. The maximum absolute atomic E-state index is 17.6. The Balaban J connectivity index is 1.24. The molecule has 4 aromatic heterocycles. The van der Waals surface area contributed by atoms with Crippen LogP contribution in [0.25, 0.3) is 121 Å². The monoisotopic (exact) mass is 1630 g/mol. The third kappa shape index (κ3) is 11.3. The topological polar surface area (TPSA) is 94.5 Å². The summed E-state index contributed by atoms with van der Waals surface area (Å²) in [6, 6.07) is 8.47. The molecule has 4 aliphatic rings. The van der Waals surface area contributed by atoms with Crippen LogP contribution in [0.3, 0.4) is 0 Å². The normalized spacial score (nSPS) is 16.4. The number of aromatic nitrogens is 4. The van der Waals surface area contributed by atoms with Crippen molar-refractivity contribution in [3.8, 4) is 22.7 Å². The Morgan fingerprint density at radius 1 is 0.216 bits per heavy atom. The highest BCUT2D eigenvalue weighted by Gasteiger charge is 2.53. The van der Waals surface area contributed by atoms with Crippen molar-refractivity contribution in [1.29, 1.82) is 0 Å². The Kier molecular flexibility index (Phi) is 16.2. The van der Waals surface area contributed by atoms with Crippen LogP contribution in [-0.4, -0.2) is 63.8 Å². The number of nitrogens with zero attached hydrogens (tertiary/aromatic N) is 6. The number of halogens is 24. The predicted molar refractivity (Wildman–Crippen MR) is 376 cm³/mol. The molecule has 0 radical (unpaired) electrons. The van der Waals surface area contributed by atoms with Crippen LogP contribution >= 0.6 is 0 Å². The molecule has 4 amide bonds. The van der Waals surface area contributed by atoms with Gasteiger partial charge in [0.1, 0.15) is 0 Å². The van der Waals surface area contributed by atoms with E-state index in [-0.39, 0.29) is 64.2 Å². The van der Waals surface area contributed by atoms with Crippen LogP contribution in [0.2, 0.25) is 0 Å². The molecule has 0 saturated heterocycles. The minimum absolute atomic E-state index is 0.0353. The molecule has 2 saturated carbocycles. The fourth-order valence-corrected chi connectivity index (χ4v) is 17.9. The van der Waals surface area contributed by atoms with Crippen LogP contribution in [-0.2, 0) is 49.4 Å². The smallest absolute Gasteiger partial charge is 0.306 e. The van der Waals surface area contributed by atoms with Gasteiger partial charge < -0.3 is 18.3 Å². The van der Waals surface area contributed by atoms with Crippen LogP contribution in [0.1, 0.15) is 150 Å². The Bertz CT molecular complexity index is 5660. The molecule has 0 atom stereocenters. The van der Waals surface area contributed by atoms with E-state index in [1.165, 1.54) is 0 Å². The molecule has 2 aliphatic carbocycles. The van der Waals surface area contributed by atoms with E-state index in [1.54, 1.807) is 0 Å². The van der Waals surface area contributed by atoms with Crippen molar-refractivity contribution in [1.82, 2.24) is 28.1 Å². The van der Waals surface area contributed by atoms with Gasteiger partial charge in [0.15, 0.2) is 0 Å². The highest BCUT2D eigenvalue weighted by atomic mass is 19.4. The Labute approximate surface area is 632 Å². The summed E-state index contributed by atoms with van der Waals surface area (Å²) in [6.45, 7) is 0. The van der Waals surface area contributed by atoms with Gasteiger partial charge in [-0.2, -0.15) is 105 Å². The van der Waals surface area contributed by atoms with E-state index in [0.29, 0.717) is 125 Å². The summed E-state index contributed by atoms with van der Waals surface area (Å²) >= 11 is 0. The van der Waals surface area contributed by atoms with Crippen molar-refractivity contribution in [3.63, 3.8) is 0 Å². The molecular formula is C82H46F24N6O4. The average molecular weight is 1640 g/mol. The van der Waals surface area contributed by atoms with Crippen molar-refractivity contribution < 1.29 is 125 Å². The van der Waals surface area contributed by atoms with Gasteiger partial charge in [0.05, 0.1) is 134 Å². The van der Waals surface area contributed by atoms with E-state index in [4.69, 9.17) is 0 Å². The fourth-order valence-electron chi connectivity index (χ4n) is 17.9. The van der Waals surface area contributed by atoms with Gasteiger partial charge in [-0.1, -0.05) is 87.1 Å². The summed E-state index contributed by atoms with van der Waals surface area (Å²) in [5.74, 6) is -7.11. The number of imide groups is 2. The van der Waals surface area contributed by atoms with Gasteiger partial charge in [-0.15, -0.1) is 0 Å². The summed E-state index contributed by atoms with van der Waals surface area (Å²) in [7, 11) is 0. The molecule has 18 rings (SSSR count). The van der Waals surface area contributed by atoms with Crippen LogP contribution < -0.4 is 0 Å². The van der Waals surface area contributed by atoms with Gasteiger partial charge in [0, 0.05) is 65.9 Å². The molecule has 10 aromatic carbocycles. The zero-order valence-electron chi connectivity index (χ0n) is 58.5. The van der Waals surface area contributed by atoms with Crippen LogP contribution in [0.5, 0.6) is 0 Å². The molecule has 0 bridgehead atoms. The lowest BCUT2D eigenvalue weighted by atomic mass is 9.79. The lowest BCUT2D eigenvalue weighted by Gasteiger charge is -2.42. The number of rotatable bonds is 6. The second-order valence-corrected chi connectivity index (χ2v) is 29.4. The standard InChI is InChI=1S/C82H46F24N6O4/c83-75(84,85)35-11-19-45-46-20-12-36(76(86,87)88)28-54(46)109(53(45)27-35)67-63-61-62-65(69(67)111-57-31-39(79(95,96)97)15-23-49(57)50-24-16-40(32-58(50)111)80(98,99)100)73(115)108(44-9-5-2-6-10-44)74(116)66(62)70(112-59-33-41(81(101,102)103)17-25-51(59)52-26-18-42(34-60(52)112)82(104,105)106)68(64(61)72(114)107(71(63)113)43-7-3-1-4-8-43)110-55-29-37(77(89,90)91)13-21-47(55)48-22-14-38(30-56(48)110)78(92,93)94/h11-34,43-44H,1-10H2. The molecule has 0 spiro atoms. The third-order valence-corrected chi connectivity index (χ3v) is 22.8. The second kappa shape index (κ2) is 24.9. The zero-order chi connectivity index (χ0) is 82.6. The van der Waals surface area contributed by atoms with E-state index < -0.39 is 273 Å². The number of carbonyl (C=O) groups is 4. The molecule has 6 heterocycles. The summed E-state index contributed by atoms with van der Waals surface area (Å²) in [5.41, 5.74) is -32.0. The molecule has 0 N–H and O–H groups in total. The molecule has 14 aromatic rings. The lowest BCUT2D eigenvalue weighted by Crippen LogP contribution is -2.51. The quantitative estimate of drug-likeness (QED) is 0.122. The molecule has 10 nitrogen and oxygen atoms in total. The second-order valence-electron chi connectivity index (χ2n) is 29.4. The SMILES string of the molecule is O=C1c2c(-n3c4cc(C(F)(F)F)ccc4c4ccc(C(F)(F)F)cc43)c(-n3c4cc(C(F)(F)F)ccc4c4ccc(C(F)(F)F)cc43)c3c4c(c(-n5c6cc(C(F)(F)F)ccc6c6ccc(C(F)(F)F)cc65)c(-n5c6cc(C(F)(F)F)ccc6c6ccc(C(F)(F)F)cc65)c(c24)C(=O)N1C1CCCCC1)C(=O)N(C1CCCCC1)C3=O. The fraction of sp³-hybridized carbons (Fsp3) is 0.244. The van der Waals surface area contributed by atoms with E-state index in [1.807, 2.05) is 0 Å². The molecule has 2 fully saturated rings. The first-order chi connectivity index (χ1) is 54.3. The average Bonchev–Trinajstić information content (AvgIpc) is 1.19. The lowest BCUT2D eigenvalue weighted by molar-refractivity contribution is -0.138. The summed E-state index contributed by atoms with van der Waals surface area (Å²) in [5, 5.41) is -6.70. The number of hydrogen-bond donors (Lipinski definition) is 0. The van der Waals surface area contributed by atoms with Crippen molar-refractivity contribution in [3.05, 3.63) is 212 Å². The number of alkyl halides is 24. The van der Waals surface area contributed by atoms with E-state index in [2.05, 4.69) is 0 Å². The molecular weight excluding hydrogens is 1590 g/mol. The van der Waals surface area contributed by atoms with Gasteiger partial charge in [0.25, 0.3) is 23.6 Å². The number of fused-ring (bicyclic) bond motifs is 12. The first-order valence-electron chi connectivity index (χ1n) is 35.7. The molecule has 596 valence electrons. The van der Waals surface area contributed by atoms with Gasteiger partial charge in [-0.25, -0.2) is 0 Å². The third-order valence-electron chi connectivity index (χ3n) is 22.8. The van der Waals surface area contributed by atoms with Gasteiger partial charge in [0.2, 0.25) is 0 Å². The number of carbonyl (C=O) groups excluding carboxylic acids is 4. The minimum atomic E-state index is -5.51. The zero-order valence-corrected chi connectivity index (χ0v) is 58.5. The molecule has 116 heavy (non-hydrogen) atoms. The van der Waals surface area contributed by atoms with Gasteiger partial charge >= 0.3 is 49.4 Å². The van der Waals surface area contributed by atoms with Crippen molar-refractivity contribution >= 4 is 122 Å². The maximum Gasteiger partial charge on any atom is 0.416 e. The molecule has 34 heteroatoms. The number of benzene rings is 10. The van der Waals surface area contributed by atoms with Crippen molar-refractivity contribution in [2.24, 2.45) is 0 Å². The first-order valence-corrected chi connectivity index (χ1v) is 35.7. The number of hydrogen-bond acceptors (Lipinski definition) is 4. The highest BCUT2D eigenvalue weighted by molar-refractivity contribution is 6.39. The highest BCUT2D eigenvalue weighted by Crippen LogP contribution is 2.58. The predicted octanol–water partition coefficient (Wildman–Crippen LogP) is 25.2. The van der Waals surface area contributed by atoms with E-state index in [0.717, 1.165) is 48.5 Å². The minimum Gasteiger partial charge on any atom is -0.306 e. The summed E-state index contributed by atoms with van der Waals surface area (Å²) < 4.78 is 382. The summed E-state index contributed by atoms with van der Waals surface area (Å²) in [4.78, 5) is 71.2. The van der Waals surface area contributed by atoms with Gasteiger partial charge in [-0.05, 0) is 123 Å². The van der Waals surface area contributed by atoms with Crippen molar-refractivity contribution in [2.45, 2.75) is 126 Å². The molecule has 2 aliphatic heterocycles.